The van der Waals surface area contributed by atoms with Gasteiger partial charge in [-0.15, -0.1) is 0 Å². The topological polar surface area (TPSA) is 35.5 Å². The van der Waals surface area contributed by atoms with Crippen molar-refractivity contribution in [2.24, 2.45) is 0 Å². The van der Waals surface area contributed by atoms with Gasteiger partial charge in [0, 0.05) is 6.92 Å². The van der Waals surface area contributed by atoms with E-state index in [2.05, 4.69) is 15.9 Å². The lowest BCUT2D eigenvalue weighted by Gasteiger charge is -2.30. The lowest BCUT2D eigenvalue weighted by atomic mass is 10.3. The van der Waals surface area contributed by atoms with Gasteiger partial charge in [0.15, 0.2) is 0 Å². The molecule has 1 unspecified atom stereocenters. The quantitative estimate of drug-likeness (QED) is 0.575. The van der Waals surface area contributed by atoms with Crippen molar-refractivity contribution in [2.75, 3.05) is 23.4 Å². The Hall–Kier alpha value is 0.260. The summed E-state index contributed by atoms with van der Waals surface area (Å²) in [4.78, 5) is 11.1. The molecule has 1 rings (SSSR count). The first-order valence-electron chi connectivity index (χ1n) is 4.66. The minimum absolute atomic E-state index is 0.219. The molecule has 14 heavy (non-hydrogen) atoms. The Bertz CT molecular complexity index is 190. The molecular weight excluding hydrogens is 268 g/mol. The van der Waals surface area contributed by atoms with Crippen molar-refractivity contribution in [2.45, 2.75) is 25.6 Å². The second-order valence-corrected chi connectivity index (χ2v) is 5.02. The normalized spacial score (nSPS) is 29.0. The Morgan fingerprint density at radius 1 is 1.64 bits per heavy atom. The zero-order chi connectivity index (χ0) is 10.4. The second kappa shape index (κ2) is 5.98. The molecule has 1 aliphatic rings. The van der Waals surface area contributed by atoms with Gasteiger partial charge in [-0.2, -0.15) is 11.8 Å². The highest BCUT2D eigenvalue weighted by molar-refractivity contribution is 9.09. The van der Waals surface area contributed by atoms with E-state index in [9.17, 15) is 4.79 Å². The summed E-state index contributed by atoms with van der Waals surface area (Å²) in [6.45, 7) is 2.50. The zero-order valence-corrected chi connectivity index (χ0v) is 10.7. The van der Waals surface area contributed by atoms with Crippen molar-refractivity contribution >= 4 is 33.7 Å². The predicted molar refractivity (Wildman–Crippen MR) is 60.8 cm³/mol. The third kappa shape index (κ3) is 4.19. The summed E-state index contributed by atoms with van der Waals surface area (Å²) in [5.41, 5.74) is 0. The van der Waals surface area contributed by atoms with E-state index < -0.39 is 5.79 Å². The molecule has 0 radical (unpaired) electrons. The summed E-state index contributed by atoms with van der Waals surface area (Å²) in [6.07, 6.45) is 2.21. The van der Waals surface area contributed by atoms with Crippen molar-refractivity contribution in [1.29, 1.82) is 0 Å². The van der Waals surface area contributed by atoms with E-state index in [0.717, 1.165) is 12.2 Å². The molecule has 5 heteroatoms. The zero-order valence-electron chi connectivity index (χ0n) is 8.25. The molecule has 3 nitrogen and oxygen atoms in total. The summed E-state index contributed by atoms with van der Waals surface area (Å²) >= 11 is 4.83. The maximum Gasteiger partial charge on any atom is 0.319 e. The fourth-order valence-electron chi connectivity index (χ4n) is 1.22. The van der Waals surface area contributed by atoms with Gasteiger partial charge >= 0.3 is 5.97 Å². The van der Waals surface area contributed by atoms with E-state index >= 15 is 0 Å². The Morgan fingerprint density at radius 2 is 2.43 bits per heavy atom. The van der Waals surface area contributed by atoms with Crippen LogP contribution in [-0.4, -0.2) is 35.2 Å². The third-order valence-electron chi connectivity index (χ3n) is 1.89. The third-order valence-corrected chi connectivity index (χ3v) is 3.66. The van der Waals surface area contributed by atoms with Crippen molar-refractivity contribution in [3.8, 4) is 0 Å². The molecule has 0 amide bonds. The molecule has 1 aliphatic heterocycles. The van der Waals surface area contributed by atoms with Crippen LogP contribution >= 0.6 is 27.7 Å². The number of rotatable bonds is 2. The number of carbonyl (C=O) groups excluding carboxylic acids is 1. The molecular formula is C9H15BrO3S. The standard InChI is InChI=1S/C9H15BrO3S/c1-9(13-8(11)6-10)7-14-5-3-2-4-12-9/h2-7H2,1H3. The maximum atomic E-state index is 11.1. The summed E-state index contributed by atoms with van der Waals surface area (Å²) < 4.78 is 10.8. The second-order valence-electron chi connectivity index (χ2n) is 3.35. The molecule has 0 spiro atoms. The summed E-state index contributed by atoms with van der Waals surface area (Å²) in [5.74, 6) is 0.820. The van der Waals surface area contributed by atoms with E-state index in [0.29, 0.717) is 12.4 Å². The van der Waals surface area contributed by atoms with Crippen molar-refractivity contribution < 1.29 is 14.3 Å². The number of ether oxygens (including phenoxy) is 2. The molecule has 0 aliphatic carbocycles. The van der Waals surface area contributed by atoms with Crippen LogP contribution in [0.2, 0.25) is 0 Å². The van der Waals surface area contributed by atoms with Crippen LogP contribution in [0.25, 0.3) is 0 Å². The molecule has 0 aromatic carbocycles. The summed E-state index contributed by atoms with van der Waals surface area (Å²) in [6, 6.07) is 0. The van der Waals surface area contributed by atoms with Crippen LogP contribution in [0, 0.1) is 0 Å². The van der Waals surface area contributed by atoms with E-state index in [1.165, 1.54) is 6.42 Å². The molecule has 0 aromatic rings. The monoisotopic (exact) mass is 282 g/mol. The minimum atomic E-state index is -0.740. The minimum Gasteiger partial charge on any atom is -0.432 e. The number of thioether (sulfide) groups is 1. The molecule has 0 aromatic heterocycles. The molecule has 0 saturated carbocycles. The van der Waals surface area contributed by atoms with Gasteiger partial charge in [-0.05, 0) is 18.6 Å². The van der Waals surface area contributed by atoms with Gasteiger partial charge in [0.1, 0.15) is 5.33 Å². The van der Waals surface area contributed by atoms with Crippen LogP contribution in [0.4, 0.5) is 0 Å². The Labute approximate surface area is 97.0 Å². The van der Waals surface area contributed by atoms with Crippen LogP contribution in [0.5, 0.6) is 0 Å². The van der Waals surface area contributed by atoms with Crippen LogP contribution in [0.3, 0.4) is 0 Å². The average molecular weight is 283 g/mol. The number of hydrogen-bond acceptors (Lipinski definition) is 4. The molecule has 1 fully saturated rings. The molecule has 1 saturated heterocycles. The SMILES string of the molecule is CC1(OC(=O)CBr)CSCCCCO1. The Balaban J connectivity index is 2.46. The van der Waals surface area contributed by atoms with E-state index in [1.807, 2.05) is 6.92 Å². The fraction of sp³-hybridized carbons (Fsp3) is 0.889. The smallest absolute Gasteiger partial charge is 0.319 e. The molecule has 0 bridgehead atoms. The number of halogens is 1. The van der Waals surface area contributed by atoms with Gasteiger partial charge in [0.05, 0.1) is 12.4 Å². The Kier molecular flexibility index (Phi) is 5.26. The molecule has 82 valence electrons. The van der Waals surface area contributed by atoms with E-state index in [1.54, 1.807) is 11.8 Å². The lowest BCUT2D eigenvalue weighted by Crippen LogP contribution is -2.39. The highest BCUT2D eigenvalue weighted by Gasteiger charge is 2.30. The van der Waals surface area contributed by atoms with Crippen molar-refractivity contribution in [3.63, 3.8) is 0 Å². The highest BCUT2D eigenvalue weighted by Crippen LogP contribution is 2.23. The van der Waals surface area contributed by atoms with Crippen LogP contribution in [0.1, 0.15) is 19.8 Å². The number of alkyl halides is 1. The largest absolute Gasteiger partial charge is 0.432 e. The van der Waals surface area contributed by atoms with Crippen molar-refractivity contribution in [3.05, 3.63) is 0 Å². The summed E-state index contributed by atoms with van der Waals surface area (Å²) in [5, 5.41) is 0.219. The van der Waals surface area contributed by atoms with Crippen LogP contribution in [-0.2, 0) is 14.3 Å². The first-order valence-corrected chi connectivity index (χ1v) is 6.93. The first-order chi connectivity index (χ1) is 6.66. The van der Waals surface area contributed by atoms with Gasteiger partial charge in [-0.1, -0.05) is 15.9 Å². The van der Waals surface area contributed by atoms with Gasteiger partial charge in [-0.25, -0.2) is 0 Å². The van der Waals surface area contributed by atoms with E-state index in [4.69, 9.17) is 9.47 Å². The lowest BCUT2D eigenvalue weighted by molar-refractivity contribution is -0.211. The molecule has 1 atom stereocenters. The number of esters is 1. The van der Waals surface area contributed by atoms with Crippen LogP contribution in [0.15, 0.2) is 0 Å². The maximum absolute atomic E-state index is 11.1. The van der Waals surface area contributed by atoms with Crippen molar-refractivity contribution in [1.82, 2.24) is 0 Å². The number of hydrogen-bond donors (Lipinski definition) is 0. The predicted octanol–water partition coefficient (Wildman–Crippen LogP) is 2.18. The number of carbonyl (C=O) groups is 1. The average Bonchev–Trinajstić information content (AvgIpc) is 2.12. The molecule has 0 N–H and O–H groups in total. The highest BCUT2D eigenvalue weighted by atomic mass is 79.9. The van der Waals surface area contributed by atoms with Gasteiger partial charge in [0.2, 0.25) is 5.79 Å². The van der Waals surface area contributed by atoms with Gasteiger partial charge < -0.3 is 9.47 Å². The van der Waals surface area contributed by atoms with Gasteiger partial charge in [0.25, 0.3) is 0 Å². The molecule has 1 heterocycles. The van der Waals surface area contributed by atoms with Gasteiger partial charge in [-0.3, -0.25) is 4.79 Å². The fourth-order valence-corrected chi connectivity index (χ4v) is 2.40. The van der Waals surface area contributed by atoms with Crippen LogP contribution < -0.4 is 0 Å². The summed E-state index contributed by atoms with van der Waals surface area (Å²) in [7, 11) is 0. The first kappa shape index (κ1) is 12.3. The van der Waals surface area contributed by atoms with E-state index in [-0.39, 0.29) is 11.3 Å². The Morgan fingerprint density at radius 3 is 3.14 bits per heavy atom.